The fraction of sp³-hybridized carbons (Fsp3) is 0.455. The highest BCUT2D eigenvalue weighted by atomic mass is 35.5. The van der Waals surface area contributed by atoms with Crippen molar-refractivity contribution in [2.24, 2.45) is 0 Å². The lowest BCUT2D eigenvalue weighted by molar-refractivity contribution is 0.470. The van der Waals surface area contributed by atoms with Gasteiger partial charge in [-0.2, -0.15) is 4.31 Å². The van der Waals surface area contributed by atoms with E-state index in [-0.39, 0.29) is 16.8 Å². The summed E-state index contributed by atoms with van der Waals surface area (Å²) in [4.78, 5) is 0.110. The van der Waals surface area contributed by atoms with Crippen LogP contribution < -0.4 is 0 Å². The second-order valence-corrected chi connectivity index (χ2v) is 6.73. The van der Waals surface area contributed by atoms with Crippen LogP contribution >= 0.6 is 11.6 Å². The zero-order chi connectivity index (χ0) is 13.2. The van der Waals surface area contributed by atoms with Crippen molar-refractivity contribution < 1.29 is 12.8 Å². The first-order valence-corrected chi connectivity index (χ1v) is 6.99. The van der Waals surface area contributed by atoms with Gasteiger partial charge in [-0.25, -0.2) is 12.8 Å². The normalized spacial score (nSPS) is 14.0. The van der Waals surface area contributed by atoms with Gasteiger partial charge in [-0.3, -0.25) is 0 Å². The molecule has 0 aliphatic carbocycles. The fourth-order valence-electron chi connectivity index (χ4n) is 1.52. The molecule has 3 nitrogen and oxygen atoms in total. The zero-order valence-corrected chi connectivity index (χ0v) is 11.5. The molecular weight excluding hydrogens is 265 g/mol. The van der Waals surface area contributed by atoms with Gasteiger partial charge in [0.15, 0.2) is 0 Å². The predicted octanol–water partition coefficient (Wildman–Crippen LogP) is 2.38. The van der Waals surface area contributed by atoms with E-state index in [1.165, 1.54) is 23.5 Å². The molecule has 0 N–H and O–H groups in total. The molecule has 0 aliphatic heterocycles. The summed E-state index contributed by atoms with van der Waals surface area (Å²) in [6, 6.07) is 3.61. The van der Waals surface area contributed by atoms with Crippen LogP contribution in [-0.2, 0) is 10.0 Å². The third kappa shape index (κ3) is 3.40. The van der Waals surface area contributed by atoms with E-state index in [1.807, 2.05) is 0 Å². The molecular formula is C11H15ClFNO2S. The number of sulfonamides is 1. The smallest absolute Gasteiger partial charge is 0.207 e. The molecule has 0 fully saturated rings. The predicted molar refractivity (Wildman–Crippen MR) is 66.3 cm³/mol. The minimum atomic E-state index is -3.60. The van der Waals surface area contributed by atoms with Gasteiger partial charge in [0.2, 0.25) is 10.0 Å². The first kappa shape index (κ1) is 14.4. The minimum Gasteiger partial charge on any atom is -0.207 e. The molecule has 1 aromatic carbocycles. The summed E-state index contributed by atoms with van der Waals surface area (Å²) in [6.45, 7) is 3.49. The Labute approximate surface area is 106 Å². The number of rotatable bonds is 4. The van der Waals surface area contributed by atoms with Gasteiger partial charge in [0.05, 0.1) is 4.90 Å². The number of hydrogen-bond acceptors (Lipinski definition) is 2. The van der Waals surface area contributed by atoms with Crippen LogP contribution in [0.4, 0.5) is 4.39 Å². The van der Waals surface area contributed by atoms with Crippen molar-refractivity contribution in [1.82, 2.24) is 4.31 Å². The first-order chi connectivity index (χ1) is 7.75. The van der Waals surface area contributed by atoms with E-state index in [1.54, 1.807) is 13.8 Å². The monoisotopic (exact) mass is 279 g/mol. The molecule has 0 amide bonds. The number of nitrogens with zero attached hydrogens (tertiary/aromatic N) is 1. The molecule has 0 saturated carbocycles. The Balaban J connectivity index is 3.13. The molecule has 0 heterocycles. The van der Waals surface area contributed by atoms with Gasteiger partial charge in [-0.15, -0.1) is 11.6 Å². The Bertz CT molecular complexity index is 502. The number of benzene rings is 1. The van der Waals surface area contributed by atoms with E-state index in [4.69, 9.17) is 11.6 Å². The van der Waals surface area contributed by atoms with Crippen LogP contribution in [0.2, 0.25) is 0 Å². The number of halogens is 2. The lowest BCUT2D eigenvalue weighted by atomic mass is 10.2. The molecule has 6 heteroatoms. The Morgan fingerprint density at radius 3 is 2.53 bits per heavy atom. The maximum atomic E-state index is 12.9. The average molecular weight is 280 g/mol. The van der Waals surface area contributed by atoms with E-state index < -0.39 is 15.8 Å². The van der Waals surface area contributed by atoms with Crippen LogP contribution in [0.5, 0.6) is 0 Å². The quantitative estimate of drug-likeness (QED) is 0.794. The lowest BCUT2D eigenvalue weighted by Crippen LogP contribution is -2.31. The van der Waals surface area contributed by atoms with E-state index in [0.717, 1.165) is 6.07 Å². The molecule has 0 radical (unpaired) electrons. The van der Waals surface area contributed by atoms with Gasteiger partial charge in [0.1, 0.15) is 5.82 Å². The highest BCUT2D eigenvalue weighted by molar-refractivity contribution is 7.89. The lowest BCUT2D eigenvalue weighted by Gasteiger charge is -2.19. The number of alkyl halides is 1. The van der Waals surface area contributed by atoms with Crippen LogP contribution in [0.15, 0.2) is 23.1 Å². The van der Waals surface area contributed by atoms with Crippen molar-refractivity contribution in [1.29, 1.82) is 0 Å². The molecule has 0 spiro atoms. The summed E-state index contributed by atoms with van der Waals surface area (Å²) in [7, 11) is -2.14. The number of aryl methyl sites for hydroxylation is 1. The van der Waals surface area contributed by atoms with E-state index in [2.05, 4.69) is 0 Å². The van der Waals surface area contributed by atoms with Crippen LogP contribution in [0.3, 0.4) is 0 Å². The Hall–Kier alpha value is -0.650. The van der Waals surface area contributed by atoms with Crippen molar-refractivity contribution in [3.05, 3.63) is 29.6 Å². The molecule has 96 valence electrons. The average Bonchev–Trinajstić information content (AvgIpc) is 2.15. The van der Waals surface area contributed by atoms with Crippen molar-refractivity contribution in [3.63, 3.8) is 0 Å². The zero-order valence-electron chi connectivity index (χ0n) is 9.94. The van der Waals surface area contributed by atoms with Crippen molar-refractivity contribution in [2.45, 2.75) is 24.1 Å². The Morgan fingerprint density at radius 2 is 2.06 bits per heavy atom. The molecule has 1 aromatic rings. The van der Waals surface area contributed by atoms with Crippen molar-refractivity contribution in [2.75, 3.05) is 13.6 Å². The molecule has 1 atom stereocenters. The van der Waals surface area contributed by atoms with E-state index in [0.29, 0.717) is 5.56 Å². The number of hydrogen-bond donors (Lipinski definition) is 0. The highest BCUT2D eigenvalue weighted by Crippen LogP contribution is 2.20. The summed E-state index contributed by atoms with van der Waals surface area (Å²) in [6.07, 6.45) is 0. The fourth-order valence-corrected chi connectivity index (χ4v) is 3.27. The summed E-state index contributed by atoms with van der Waals surface area (Å²) >= 11 is 5.77. The molecule has 17 heavy (non-hydrogen) atoms. The third-order valence-corrected chi connectivity index (χ3v) is 4.46. The standard InChI is InChI=1S/C11H15ClFNO2S/c1-8-6-10(13)4-5-11(8)17(15,16)14(3)7-9(2)12/h4-6,9H,7H2,1-3H3. The van der Waals surface area contributed by atoms with Crippen molar-refractivity contribution >= 4 is 21.6 Å². The maximum Gasteiger partial charge on any atom is 0.243 e. The maximum absolute atomic E-state index is 12.9. The van der Waals surface area contributed by atoms with Crippen molar-refractivity contribution in [3.8, 4) is 0 Å². The molecule has 0 saturated heterocycles. The van der Waals surface area contributed by atoms with Gasteiger partial charge in [-0.1, -0.05) is 0 Å². The third-order valence-electron chi connectivity index (χ3n) is 2.33. The molecule has 0 aliphatic rings. The Kier molecular flexibility index (Phi) is 4.52. The Morgan fingerprint density at radius 1 is 1.47 bits per heavy atom. The summed E-state index contributed by atoms with van der Waals surface area (Å²) in [5.41, 5.74) is 0.388. The summed E-state index contributed by atoms with van der Waals surface area (Å²) in [5, 5.41) is -0.282. The van der Waals surface area contributed by atoms with E-state index in [9.17, 15) is 12.8 Å². The first-order valence-electron chi connectivity index (χ1n) is 5.11. The van der Waals surface area contributed by atoms with Gasteiger partial charge >= 0.3 is 0 Å². The summed E-state index contributed by atoms with van der Waals surface area (Å²) < 4.78 is 38.4. The van der Waals surface area contributed by atoms with Gasteiger partial charge < -0.3 is 0 Å². The molecule has 0 bridgehead atoms. The molecule has 1 unspecified atom stereocenters. The van der Waals surface area contributed by atoms with E-state index >= 15 is 0 Å². The van der Waals surface area contributed by atoms with Crippen LogP contribution in [0.25, 0.3) is 0 Å². The second-order valence-electron chi connectivity index (χ2n) is 3.98. The largest absolute Gasteiger partial charge is 0.243 e. The SMILES string of the molecule is Cc1cc(F)ccc1S(=O)(=O)N(C)CC(C)Cl. The van der Waals surface area contributed by atoms with Gasteiger partial charge in [0, 0.05) is 19.0 Å². The second kappa shape index (κ2) is 5.33. The van der Waals surface area contributed by atoms with Crippen LogP contribution in [0.1, 0.15) is 12.5 Å². The molecule has 1 rings (SSSR count). The van der Waals surface area contributed by atoms with Crippen LogP contribution in [0, 0.1) is 12.7 Å². The molecule has 0 aromatic heterocycles. The van der Waals surface area contributed by atoms with Gasteiger partial charge in [-0.05, 0) is 37.6 Å². The highest BCUT2D eigenvalue weighted by Gasteiger charge is 2.23. The van der Waals surface area contributed by atoms with Crippen LogP contribution in [-0.4, -0.2) is 31.7 Å². The summed E-state index contributed by atoms with van der Waals surface area (Å²) in [5.74, 6) is -0.449. The van der Waals surface area contributed by atoms with Gasteiger partial charge in [0.25, 0.3) is 0 Å². The minimum absolute atomic E-state index is 0.110. The topological polar surface area (TPSA) is 37.4 Å².